The summed E-state index contributed by atoms with van der Waals surface area (Å²) in [5.41, 5.74) is -1.88. The molecule has 1 aliphatic rings. The number of morpholine rings is 1. The lowest BCUT2D eigenvalue weighted by molar-refractivity contribution is -0.174. The first-order chi connectivity index (χ1) is 26.9. The fourth-order valence-corrected chi connectivity index (χ4v) is 6.55. The van der Waals surface area contributed by atoms with Crippen LogP contribution in [0.4, 0.5) is 23.2 Å². The summed E-state index contributed by atoms with van der Waals surface area (Å²) >= 11 is 0. The van der Waals surface area contributed by atoms with Gasteiger partial charge in [0.25, 0.3) is 11.5 Å². The molecule has 4 heterocycles. The number of aromatic nitrogens is 4. The Hall–Kier alpha value is -6.17. The topological polar surface area (TPSA) is 164 Å². The summed E-state index contributed by atoms with van der Waals surface area (Å²) in [6, 6.07) is 6.13. The van der Waals surface area contributed by atoms with Crippen LogP contribution in [-0.2, 0) is 37.3 Å². The number of carbonyl (C=O) groups is 3. The standard InChI is InChI=1S/C39H38F4N6O8/c1-21-15-23(48-13-14-55-19-30(48)39(41,42)43)17-26(40)31(21)33(50)46-27(35(52)56-20-57-36(53)38(2,3)4)16-22-8-9-28(32-24(22)7-6-11-45-32)49-34(51)25-10-12-44-18-29(25)47(5)37(49)54/h6-12,15,17-18,27,30H,13-14,16,19-20H2,1-5H3,(H,46,50). The van der Waals surface area contributed by atoms with Gasteiger partial charge in [-0.2, -0.15) is 13.2 Å². The molecule has 2 aromatic carbocycles. The predicted octanol–water partition coefficient (Wildman–Crippen LogP) is 4.28. The Kier molecular flexibility index (Phi) is 11.2. The minimum absolute atomic E-state index is 0.0154. The van der Waals surface area contributed by atoms with Gasteiger partial charge in [-0.25, -0.2) is 18.5 Å². The van der Waals surface area contributed by atoms with Crippen LogP contribution in [0.15, 0.2) is 70.6 Å². The van der Waals surface area contributed by atoms with E-state index in [1.165, 1.54) is 61.4 Å². The molecule has 1 N–H and O–H groups in total. The Morgan fingerprint density at radius 2 is 1.79 bits per heavy atom. The number of nitrogens with one attached hydrogen (secondary N) is 1. The van der Waals surface area contributed by atoms with Gasteiger partial charge >= 0.3 is 23.8 Å². The Morgan fingerprint density at radius 3 is 2.49 bits per heavy atom. The quantitative estimate of drug-likeness (QED) is 0.129. The van der Waals surface area contributed by atoms with Crippen molar-refractivity contribution in [3.05, 3.63) is 104 Å². The Bertz CT molecular complexity index is 2490. The van der Waals surface area contributed by atoms with Crippen LogP contribution in [0.2, 0.25) is 0 Å². The van der Waals surface area contributed by atoms with E-state index in [1.54, 1.807) is 32.9 Å². The lowest BCUT2D eigenvalue weighted by Gasteiger charge is -2.38. The van der Waals surface area contributed by atoms with Gasteiger partial charge < -0.3 is 24.4 Å². The molecule has 57 heavy (non-hydrogen) atoms. The number of benzene rings is 2. The van der Waals surface area contributed by atoms with Crippen LogP contribution in [0.3, 0.4) is 0 Å². The summed E-state index contributed by atoms with van der Waals surface area (Å²) < 4.78 is 74.8. The van der Waals surface area contributed by atoms with Crippen LogP contribution in [-0.4, -0.2) is 81.8 Å². The molecular weight excluding hydrogens is 756 g/mol. The first kappa shape index (κ1) is 40.5. The van der Waals surface area contributed by atoms with Crippen LogP contribution < -0.4 is 21.5 Å². The summed E-state index contributed by atoms with van der Waals surface area (Å²) in [5.74, 6) is -3.98. The molecule has 1 fully saturated rings. The predicted molar refractivity (Wildman–Crippen MR) is 198 cm³/mol. The third-order valence-corrected chi connectivity index (χ3v) is 9.51. The third kappa shape index (κ3) is 8.21. The number of nitrogens with zero attached hydrogens (tertiary/aromatic N) is 5. The second-order valence-electron chi connectivity index (χ2n) is 14.5. The highest BCUT2D eigenvalue weighted by molar-refractivity contribution is 5.99. The van der Waals surface area contributed by atoms with Crippen molar-refractivity contribution in [2.24, 2.45) is 12.5 Å². The van der Waals surface area contributed by atoms with Crippen molar-refractivity contribution in [2.45, 2.75) is 52.4 Å². The monoisotopic (exact) mass is 794 g/mol. The average molecular weight is 795 g/mol. The van der Waals surface area contributed by atoms with E-state index in [0.29, 0.717) is 16.5 Å². The first-order valence-electron chi connectivity index (χ1n) is 17.7. The maximum atomic E-state index is 15.8. The van der Waals surface area contributed by atoms with Crippen LogP contribution in [0.1, 0.15) is 42.3 Å². The fourth-order valence-electron chi connectivity index (χ4n) is 6.55. The number of aryl methyl sites for hydroxylation is 2. The molecule has 0 bridgehead atoms. The minimum atomic E-state index is -4.67. The van der Waals surface area contributed by atoms with Gasteiger partial charge in [-0.15, -0.1) is 0 Å². The van der Waals surface area contributed by atoms with Gasteiger partial charge in [0.15, 0.2) is 0 Å². The van der Waals surface area contributed by atoms with Gasteiger partial charge in [-0.05, 0) is 69.2 Å². The fraction of sp³-hybridized carbons (Fsp3) is 0.359. The van der Waals surface area contributed by atoms with Gasteiger partial charge in [0.2, 0.25) is 6.79 Å². The van der Waals surface area contributed by atoms with Crippen molar-refractivity contribution in [3.63, 3.8) is 0 Å². The zero-order valence-electron chi connectivity index (χ0n) is 31.5. The number of rotatable bonds is 9. The second kappa shape index (κ2) is 15.8. The molecule has 5 aromatic rings. The molecule has 1 aliphatic heterocycles. The molecule has 1 saturated heterocycles. The molecule has 2 atom stereocenters. The van der Waals surface area contributed by atoms with E-state index >= 15 is 4.39 Å². The number of esters is 2. The molecule has 2 unspecified atom stereocenters. The molecule has 1 amide bonds. The summed E-state index contributed by atoms with van der Waals surface area (Å²) in [6.07, 6.45) is -0.725. The number of amides is 1. The molecule has 18 heteroatoms. The smallest absolute Gasteiger partial charge is 0.411 e. The largest absolute Gasteiger partial charge is 0.427 e. The molecule has 0 spiro atoms. The number of hydrogen-bond acceptors (Lipinski definition) is 11. The number of carbonyl (C=O) groups excluding carboxylic acids is 3. The summed E-state index contributed by atoms with van der Waals surface area (Å²) in [7, 11) is 1.49. The van der Waals surface area contributed by atoms with Crippen molar-refractivity contribution in [3.8, 4) is 5.69 Å². The molecule has 300 valence electrons. The van der Waals surface area contributed by atoms with E-state index in [1.807, 2.05) is 0 Å². The van der Waals surface area contributed by atoms with Crippen molar-refractivity contribution in [1.82, 2.24) is 24.4 Å². The maximum absolute atomic E-state index is 15.8. The van der Waals surface area contributed by atoms with E-state index in [0.717, 1.165) is 15.5 Å². The summed E-state index contributed by atoms with van der Waals surface area (Å²) in [4.78, 5) is 76.3. The lowest BCUT2D eigenvalue weighted by atomic mass is 9.98. The van der Waals surface area contributed by atoms with E-state index in [2.05, 4.69) is 15.3 Å². The van der Waals surface area contributed by atoms with Gasteiger partial charge in [0, 0.05) is 43.5 Å². The SMILES string of the molecule is Cc1cc(N2CCOCC2C(F)(F)F)cc(F)c1C(=O)NC(Cc1ccc(-n2c(=O)c3ccncc3n(C)c2=O)c2ncccc12)C(=O)OCOC(=O)C(C)(C)C. The molecule has 0 saturated carbocycles. The van der Waals surface area contributed by atoms with E-state index in [4.69, 9.17) is 14.2 Å². The van der Waals surface area contributed by atoms with Crippen LogP contribution in [0.5, 0.6) is 0 Å². The number of halogens is 4. The number of anilines is 1. The third-order valence-electron chi connectivity index (χ3n) is 9.51. The molecule has 6 rings (SSSR count). The van der Waals surface area contributed by atoms with Crippen molar-refractivity contribution >= 4 is 45.3 Å². The number of hydrogen-bond donors (Lipinski definition) is 1. The lowest BCUT2D eigenvalue weighted by Crippen LogP contribution is -2.53. The zero-order chi connectivity index (χ0) is 41.4. The number of ether oxygens (including phenoxy) is 3. The van der Waals surface area contributed by atoms with Gasteiger partial charge in [-0.1, -0.05) is 12.1 Å². The number of alkyl halides is 3. The molecule has 0 radical (unpaired) electrons. The number of fused-ring (bicyclic) bond motifs is 2. The maximum Gasteiger partial charge on any atom is 0.411 e. The first-order valence-corrected chi connectivity index (χ1v) is 17.7. The highest BCUT2D eigenvalue weighted by atomic mass is 19.4. The Labute approximate surface area is 322 Å². The van der Waals surface area contributed by atoms with Gasteiger partial charge in [-0.3, -0.25) is 28.9 Å². The van der Waals surface area contributed by atoms with Gasteiger partial charge in [0.1, 0.15) is 17.9 Å². The highest BCUT2D eigenvalue weighted by Crippen LogP contribution is 2.33. The normalized spacial score (nSPS) is 15.4. The Balaban J connectivity index is 1.36. The van der Waals surface area contributed by atoms with Crippen LogP contribution in [0.25, 0.3) is 27.5 Å². The van der Waals surface area contributed by atoms with Crippen molar-refractivity contribution < 1.29 is 46.2 Å². The van der Waals surface area contributed by atoms with E-state index < -0.39 is 77.6 Å². The van der Waals surface area contributed by atoms with E-state index in [9.17, 15) is 37.1 Å². The van der Waals surface area contributed by atoms with Crippen LogP contribution >= 0.6 is 0 Å². The molecular formula is C39H38F4N6O8. The summed E-state index contributed by atoms with van der Waals surface area (Å²) in [5, 5.41) is 3.08. The Morgan fingerprint density at radius 1 is 1.04 bits per heavy atom. The van der Waals surface area contributed by atoms with E-state index in [-0.39, 0.29) is 47.4 Å². The zero-order valence-corrected chi connectivity index (χ0v) is 31.5. The second-order valence-corrected chi connectivity index (χ2v) is 14.5. The van der Waals surface area contributed by atoms with Crippen molar-refractivity contribution in [1.29, 1.82) is 0 Å². The average Bonchev–Trinajstić information content (AvgIpc) is 3.16. The summed E-state index contributed by atoms with van der Waals surface area (Å²) in [6.45, 7) is 4.45. The molecule has 3 aromatic heterocycles. The van der Waals surface area contributed by atoms with Crippen molar-refractivity contribution in [2.75, 3.05) is 31.5 Å². The van der Waals surface area contributed by atoms with Gasteiger partial charge in [0.05, 0.1) is 52.5 Å². The highest BCUT2D eigenvalue weighted by Gasteiger charge is 2.46. The number of pyridine rings is 2. The minimum Gasteiger partial charge on any atom is -0.427 e. The molecule has 14 nitrogen and oxygen atoms in total. The van der Waals surface area contributed by atoms with Crippen LogP contribution in [0, 0.1) is 18.2 Å². The molecule has 0 aliphatic carbocycles.